The molecule has 0 atom stereocenters. The predicted molar refractivity (Wildman–Crippen MR) is 125 cm³/mol. The number of nitrogens with zero attached hydrogens (tertiary/aromatic N) is 4. The normalized spacial score (nSPS) is 11.9. The van der Waals surface area contributed by atoms with Crippen LogP contribution in [0.15, 0.2) is 47.4 Å². The lowest BCUT2D eigenvalue weighted by molar-refractivity contribution is -0.115. The molecule has 3 heterocycles. The molecule has 4 aromatic rings. The Labute approximate surface area is 186 Å². The van der Waals surface area contributed by atoms with Gasteiger partial charge in [0.05, 0.1) is 17.5 Å². The van der Waals surface area contributed by atoms with Crippen LogP contribution in [0.5, 0.6) is 0 Å². The number of benzene rings is 1. The largest absolute Gasteiger partial charge is 0.383 e. The standard InChI is InChI=1S/C24H28N6O2/c1-14(2)30-12-17(21-22(25)26-13-27-23(21)30)16-8-6-15(7-9-16)10-19(31)28-20-11-18(29-32-20)24(3,4)5/h6-9,11-14H,10H2,1-5H3,(H,28,31)(H2,25,26,27). The molecule has 32 heavy (non-hydrogen) atoms. The Morgan fingerprint density at radius 3 is 2.53 bits per heavy atom. The molecule has 0 saturated heterocycles. The minimum Gasteiger partial charge on any atom is -0.383 e. The molecule has 0 saturated carbocycles. The van der Waals surface area contributed by atoms with E-state index in [0.717, 1.165) is 33.4 Å². The van der Waals surface area contributed by atoms with Crippen LogP contribution in [-0.2, 0) is 16.6 Å². The summed E-state index contributed by atoms with van der Waals surface area (Å²) in [6.45, 7) is 10.3. The van der Waals surface area contributed by atoms with Crippen LogP contribution < -0.4 is 11.1 Å². The van der Waals surface area contributed by atoms with E-state index in [9.17, 15) is 4.79 Å². The van der Waals surface area contributed by atoms with Gasteiger partial charge in [-0.3, -0.25) is 10.1 Å². The fourth-order valence-electron chi connectivity index (χ4n) is 3.58. The highest BCUT2D eigenvalue weighted by atomic mass is 16.5. The molecular weight excluding hydrogens is 404 g/mol. The summed E-state index contributed by atoms with van der Waals surface area (Å²) in [5, 5.41) is 7.64. The van der Waals surface area contributed by atoms with Gasteiger partial charge in [0.25, 0.3) is 0 Å². The van der Waals surface area contributed by atoms with Gasteiger partial charge in [-0.1, -0.05) is 50.2 Å². The number of nitrogens with two attached hydrogens (primary N) is 1. The Morgan fingerprint density at radius 2 is 1.91 bits per heavy atom. The molecule has 0 bridgehead atoms. The second kappa shape index (κ2) is 8.11. The zero-order chi connectivity index (χ0) is 23.0. The maximum atomic E-state index is 12.5. The summed E-state index contributed by atoms with van der Waals surface area (Å²) in [7, 11) is 0. The third-order valence-electron chi connectivity index (χ3n) is 5.37. The number of rotatable bonds is 5. The second-order valence-electron chi connectivity index (χ2n) is 9.25. The van der Waals surface area contributed by atoms with E-state index in [1.165, 1.54) is 6.33 Å². The van der Waals surface area contributed by atoms with E-state index in [1.807, 2.05) is 45.0 Å². The number of hydrogen-bond donors (Lipinski definition) is 2. The van der Waals surface area contributed by atoms with E-state index in [4.69, 9.17) is 10.3 Å². The number of aromatic nitrogens is 4. The summed E-state index contributed by atoms with van der Waals surface area (Å²) in [5.74, 6) is 0.645. The average Bonchev–Trinajstić information content (AvgIpc) is 3.34. The van der Waals surface area contributed by atoms with Crippen LogP contribution in [0.1, 0.15) is 51.9 Å². The molecule has 0 aliphatic rings. The monoisotopic (exact) mass is 432 g/mol. The van der Waals surface area contributed by atoms with Crippen molar-refractivity contribution >= 4 is 28.6 Å². The molecule has 0 aliphatic heterocycles. The molecule has 0 unspecified atom stereocenters. The second-order valence-corrected chi connectivity index (χ2v) is 9.25. The first kappa shape index (κ1) is 21.5. The SMILES string of the molecule is CC(C)n1cc(-c2ccc(CC(=O)Nc3cc(C(C)(C)C)no3)cc2)c2c(N)ncnc21. The maximum Gasteiger partial charge on any atom is 0.231 e. The molecule has 0 spiro atoms. The lowest BCUT2D eigenvalue weighted by Gasteiger charge is -2.12. The Balaban J connectivity index is 1.53. The molecule has 0 radical (unpaired) electrons. The maximum absolute atomic E-state index is 12.5. The Hall–Kier alpha value is -3.68. The highest BCUT2D eigenvalue weighted by Crippen LogP contribution is 2.34. The van der Waals surface area contributed by atoms with Gasteiger partial charge in [-0.15, -0.1) is 0 Å². The Kier molecular flexibility index (Phi) is 5.46. The highest BCUT2D eigenvalue weighted by molar-refractivity contribution is 6.00. The fourth-order valence-corrected chi connectivity index (χ4v) is 3.58. The van der Waals surface area contributed by atoms with Crippen molar-refractivity contribution in [2.75, 3.05) is 11.1 Å². The fraction of sp³-hybridized carbons (Fsp3) is 0.333. The van der Waals surface area contributed by atoms with Crippen molar-refractivity contribution in [2.24, 2.45) is 0 Å². The number of carbonyl (C=O) groups is 1. The summed E-state index contributed by atoms with van der Waals surface area (Å²) in [5.41, 5.74) is 10.5. The van der Waals surface area contributed by atoms with Crippen LogP contribution in [0.3, 0.4) is 0 Å². The van der Waals surface area contributed by atoms with Crippen molar-refractivity contribution in [3.05, 3.63) is 54.1 Å². The Bertz CT molecular complexity index is 1260. The first-order valence-corrected chi connectivity index (χ1v) is 10.6. The van der Waals surface area contributed by atoms with E-state index in [2.05, 4.69) is 45.1 Å². The van der Waals surface area contributed by atoms with Gasteiger partial charge in [0.15, 0.2) is 0 Å². The van der Waals surface area contributed by atoms with Gasteiger partial charge in [-0.25, -0.2) is 9.97 Å². The number of carbonyl (C=O) groups excluding carboxylic acids is 1. The number of nitrogens with one attached hydrogen (secondary N) is 1. The van der Waals surface area contributed by atoms with Crippen LogP contribution in [0.2, 0.25) is 0 Å². The van der Waals surface area contributed by atoms with Crippen molar-refractivity contribution in [3.63, 3.8) is 0 Å². The van der Waals surface area contributed by atoms with Gasteiger partial charge in [0, 0.05) is 29.3 Å². The first-order valence-electron chi connectivity index (χ1n) is 10.6. The number of amides is 1. The van der Waals surface area contributed by atoms with Crippen molar-refractivity contribution < 1.29 is 9.32 Å². The summed E-state index contributed by atoms with van der Waals surface area (Å²) in [6, 6.07) is 9.85. The van der Waals surface area contributed by atoms with Gasteiger partial charge >= 0.3 is 0 Å². The van der Waals surface area contributed by atoms with Crippen molar-refractivity contribution in [1.29, 1.82) is 0 Å². The minimum atomic E-state index is -0.164. The van der Waals surface area contributed by atoms with Gasteiger partial charge in [-0.05, 0) is 25.0 Å². The first-order chi connectivity index (χ1) is 15.1. The Morgan fingerprint density at radius 1 is 1.19 bits per heavy atom. The molecule has 0 aliphatic carbocycles. The lowest BCUT2D eigenvalue weighted by atomic mass is 9.92. The molecule has 0 fully saturated rings. The molecule has 1 aromatic carbocycles. The van der Waals surface area contributed by atoms with Crippen LogP contribution in [0.25, 0.3) is 22.2 Å². The van der Waals surface area contributed by atoms with Gasteiger partial charge in [-0.2, -0.15) is 0 Å². The number of anilines is 2. The van der Waals surface area contributed by atoms with E-state index >= 15 is 0 Å². The predicted octanol–water partition coefficient (Wildman–Crippen LogP) is 4.73. The van der Waals surface area contributed by atoms with Crippen LogP contribution >= 0.6 is 0 Å². The van der Waals surface area contributed by atoms with E-state index in [-0.39, 0.29) is 23.8 Å². The van der Waals surface area contributed by atoms with E-state index < -0.39 is 0 Å². The molecular formula is C24H28N6O2. The number of nitrogen functional groups attached to an aromatic ring is 1. The number of hydrogen-bond acceptors (Lipinski definition) is 6. The third kappa shape index (κ3) is 4.21. The summed E-state index contributed by atoms with van der Waals surface area (Å²) in [4.78, 5) is 21.1. The molecule has 166 valence electrons. The topological polar surface area (TPSA) is 112 Å². The van der Waals surface area contributed by atoms with E-state index in [1.54, 1.807) is 6.07 Å². The zero-order valence-corrected chi connectivity index (χ0v) is 19.0. The van der Waals surface area contributed by atoms with Crippen LogP contribution in [0, 0.1) is 0 Å². The van der Waals surface area contributed by atoms with E-state index in [0.29, 0.717) is 11.7 Å². The average molecular weight is 433 g/mol. The molecule has 8 nitrogen and oxygen atoms in total. The van der Waals surface area contributed by atoms with Gasteiger partial charge in [0.2, 0.25) is 11.8 Å². The third-order valence-corrected chi connectivity index (χ3v) is 5.37. The van der Waals surface area contributed by atoms with Crippen LogP contribution in [-0.4, -0.2) is 25.6 Å². The molecule has 4 rings (SSSR count). The zero-order valence-electron chi connectivity index (χ0n) is 19.0. The number of fused-ring (bicyclic) bond motifs is 1. The molecule has 1 amide bonds. The molecule has 3 N–H and O–H groups in total. The van der Waals surface area contributed by atoms with Gasteiger partial charge in [0.1, 0.15) is 17.8 Å². The quantitative estimate of drug-likeness (QED) is 0.472. The molecule has 8 heteroatoms. The summed E-state index contributed by atoms with van der Waals surface area (Å²) >= 11 is 0. The lowest BCUT2D eigenvalue weighted by Crippen LogP contribution is -2.14. The minimum absolute atomic E-state index is 0.143. The van der Waals surface area contributed by atoms with Crippen molar-refractivity contribution in [2.45, 2.75) is 52.5 Å². The van der Waals surface area contributed by atoms with Crippen molar-refractivity contribution in [1.82, 2.24) is 19.7 Å². The van der Waals surface area contributed by atoms with Crippen molar-refractivity contribution in [3.8, 4) is 11.1 Å². The van der Waals surface area contributed by atoms with Crippen LogP contribution in [0.4, 0.5) is 11.7 Å². The highest BCUT2D eigenvalue weighted by Gasteiger charge is 2.20. The summed E-state index contributed by atoms with van der Waals surface area (Å²) < 4.78 is 7.33. The smallest absolute Gasteiger partial charge is 0.231 e. The summed E-state index contributed by atoms with van der Waals surface area (Å²) in [6.07, 6.45) is 3.77. The van der Waals surface area contributed by atoms with Gasteiger partial charge < -0.3 is 14.8 Å². The molecule has 3 aromatic heterocycles.